The first kappa shape index (κ1) is 29.3. The lowest BCUT2D eigenvalue weighted by Crippen LogP contribution is -2.58. The minimum Gasteiger partial charge on any atom is -0.379 e. The summed E-state index contributed by atoms with van der Waals surface area (Å²) in [6.07, 6.45) is 7.17. The van der Waals surface area contributed by atoms with Gasteiger partial charge >= 0.3 is 0 Å². The summed E-state index contributed by atoms with van der Waals surface area (Å²) in [5, 5.41) is 6.40. The summed E-state index contributed by atoms with van der Waals surface area (Å²) in [6, 6.07) is 5.18. The van der Waals surface area contributed by atoms with E-state index in [1.165, 1.54) is 6.42 Å². The van der Waals surface area contributed by atoms with E-state index in [0.29, 0.717) is 37.3 Å². The molecule has 1 saturated carbocycles. The van der Waals surface area contributed by atoms with E-state index in [1.54, 1.807) is 4.90 Å². The number of carbonyl (C=O) groups excluding carboxylic acids is 3. The molecule has 8 atom stereocenters. The number of amides is 3. The van der Waals surface area contributed by atoms with Crippen molar-refractivity contribution in [2.75, 3.05) is 44.7 Å². The molecule has 3 saturated heterocycles. The first-order valence-electron chi connectivity index (χ1n) is 15.9. The largest absolute Gasteiger partial charge is 0.379 e. The molecule has 4 aliphatic heterocycles. The molecule has 3 amide bonds. The number of likely N-dealkylation sites (tertiary alicyclic amines) is 1. The van der Waals surface area contributed by atoms with E-state index in [-0.39, 0.29) is 23.8 Å². The first-order valence-corrected chi connectivity index (χ1v) is 15.9. The minimum absolute atomic E-state index is 0.0632. The van der Waals surface area contributed by atoms with Crippen LogP contribution in [0, 0.1) is 37.5 Å². The molecule has 1 aromatic carbocycles. The molecule has 2 N–H and O–H groups in total. The second-order valence-corrected chi connectivity index (χ2v) is 13.3. The molecule has 9 nitrogen and oxygen atoms in total. The molecular weight excluding hydrogens is 532 g/mol. The van der Waals surface area contributed by atoms with Crippen molar-refractivity contribution in [2.45, 2.75) is 77.2 Å². The molecule has 42 heavy (non-hydrogen) atoms. The number of rotatable bonds is 8. The van der Waals surface area contributed by atoms with Crippen molar-refractivity contribution < 1.29 is 23.9 Å². The van der Waals surface area contributed by atoms with Gasteiger partial charge in [0.2, 0.25) is 17.7 Å². The van der Waals surface area contributed by atoms with E-state index in [2.05, 4.69) is 35.4 Å². The van der Waals surface area contributed by atoms with Crippen molar-refractivity contribution in [3.8, 4) is 0 Å². The highest BCUT2D eigenvalue weighted by molar-refractivity contribution is 6.02. The van der Waals surface area contributed by atoms with Crippen LogP contribution in [-0.4, -0.2) is 90.7 Å². The third-order valence-electron chi connectivity index (χ3n) is 10.4. The average molecular weight is 579 g/mol. The van der Waals surface area contributed by atoms with Gasteiger partial charge in [0.05, 0.1) is 31.2 Å². The Labute approximate surface area is 249 Å². The predicted octanol–water partition coefficient (Wildman–Crippen LogP) is 3.06. The maximum Gasteiger partial charge on any atom is 0.246 e. The van der Waals surface area contributed by atoms with Crippen LogP contribution in [0.3, 0.4) is 0 Å². The Bertz CT molecular complexity index is 1220. The minimum atomic E-state index is -1.14. The lowest BCUT2D eigenvalue weighted by Gasteiger charge is -2.38. The Balaban J connectivity index is 1.25. The molecule has 9 heteroatoms. The van der Waals surface area contributed by atoms with Gasteiger partial charge < -0.3 is 25.0 Å². The van der Waals surface area contributed by atoms with Crippen molar-refractivity contribution in [3.63, 3.8) is 0 Å². The number of aryl methyl sites for hydroxylation is 2. The highest BCUT2D eigenvalue weighted by Crippen LogP contribution is 2.55. The van der Waals surface area contributed by atoms with Crippen LogP contribution >= 0.6 is 0 Å². The molecule has 1 spiro atoms. The molecule has 4 heterocycles. The Morgan fingerprint density at radius 2 is 1.76 bits per heavy atom. The van der Waals surface area contributed by atoms with Crippen LogP contribution in [-0.2, 0) is 23.9 Å². The van der Waals surface area contributed by atoms with Gasteiger partial charge in [0.15, 0.2) is 0 Å². The van der Waals surface area contributed by atoms with Crippen LogP contribution in [0.4, 0.5) is 5.69 Å². The van der Waals surface area contributed by atoms with Gasteiger partial charge in [-0.1, -0.05) is 44.9 Å². The summed E-state index contributed by atoms with van der Waals surface area (Å²) in [6.45, 7) is 12.9. The zero-order chi connectivity index (χ0) is 29.6. The standard InChI is InChI=1S/C33H46N4O5/c1-20-17-21(2)19-24(18-20)34-30(38)27-26-9-10-33(42-26)28(27)32(40)37(12-6-11-36-13-15-41-16-14-36)29(33)31(39)35-25-8-5-7-22(3)23(25)4/h9-10,17-19,22-23,25-29H,5-8,11-16H2,1-4H3,(H,34,38)(H,35,39)/t22-,23+,25-,26+,27-,28+,29+,33+/m1/s1. The Hall–Kier alpha value is -2.75. The molecule has 228 valence electrons. The number of fused-ring (bicyclic) bond motifs is 1. The van der Waals surface area contributed by atoms with Gasteiger partial charge in [0, 0.05) is 37.9 Å². The third kappa shape index (κ3) is 5.28. The van der Waals surface area contributed by atoms with Crippen molar-refractivity contribution >= 4 is 23.4 Å². The average Bonchev–Trinajstić information content (AvgIpc) is 3.59. The van der Waals surface area contributed by atoms with E-state index in [1.807, 2.05) is 38.1 Å². The number of hydrogen-bond donors (Lipinski definition) is 2. The molecule has 1 aromatic rings. The second-order valence-electron chi connectivity index (χ2n) is 13.3. The van der Waals surface area contributed by atoms with Gasteiger partial charge in [-0.25, -0.2) is 0 Å². The Kier molecular flexibility index (Phi) is 8.19. The number of nitrogens with zero attached hydrogens (tertiary/aromatic N) is 2. The topological polar surface area (TPSA) is 100 Å². The molecule has 0 aromatic heterocycles. The van der Waals surface area contributed by atoms with E-state index < -0.39 is 29.6 Å². The fourth-order valence-corrected chi connectivity index (χ4v) is 8.12. The van der Waals surface area contributed by atoms with E-state index in [4.69, 9.17) is 9.47 Å². The van der Waals surface area contributed by atoms with Gasteiger partial charge in [0.1, 0.15) is 11.6 Å². The Morgan fingerprint density at radius 1 is 1.02 bits per heavy atom. The zero-order valence-corrected chi connectivity index (χ0v) is 25.4. The maximum absolute atomic E-state index is 14.3. The van der Waals surface area contributed by atoms with Crippen LogP contribution in [0.2, 0.25) is 0 Å². The smallest absolute Gasteiger partial charge is 0.246 e. The number of carbonyl (C=O) groups is 3. The van der Waals surface area contributed by atoms with Gasteiger partial charge in [-0.15, -0.1) is 0 Å². The molecule has 2 bridgehead atoms. The van der Waals surface area contributed by atoms with Crippen LogP contribution in [0.5, 0.6) is 0 Å². The monoisotopic (exact) mass is 578 g/mol. The lowest BCUT2D eigenvalue weighted by molar-refractivity contribution is -0.141. The fourth-order valence-electron chi connectivity index (χ4n) is 8.12. The summed E-state index contributed by atoms with van der Waals surface area (Å²) >= 11 is 0. The van der Waals surface area contributed by atoms with Crippen molar-refractivity contribution in [3.05, 3.63) is 41.5 Å². The zero-order valence-electron chi connectivity index (χ0n) is 25.4. The SMILES string of the molecule is Cc1cc(C)cc(NC(=O)[C@@H]2[C@@H]3C=C[C@]4(O3)[C@@H]2C(=O)N(CCCN2CCOCC2)[C@H]4C(=O)N[C@@H]2CCC[C@@H](C)[C@@H]2C)c1. The predicted molar refractivity (Wildman–Crippen MR) is 160 cm³/mol. The molecule has 0 unspecified atom stereocenters. The highest BCUT2D eigenvalue weighted by Gasteiger charge is 2.72. The molecule has 1 aliphatic carbocycles. The summed E-state index contributed by atoms with van der Waals surface area (Å²) in [5.74, 6) is -1.11. The van der Waals surface area contributed by atoms with Crippen LogP contribution in [0.15, 0.2) is 30.4 Å². The Morgan fingerprint density at radius 3 is 2.50 bits per heavy atom. The molecule has 6 rings (SSSR count). The van der Waals surface area contributed by atoms with Gasteiger partial charge in [-0.2, -0.15) is 0 Å². The fraction of sp³-hybridized carbons (Fsp3) is 0.667. The summed E-state index contributed by atoms with van der Waals surface area (Å²) < 4.78 is 12.0. The maximum atomic E-state index is 14.3. The van der Waals surface area contributed by atoms with Crippen LogP contribution < -0.4 is 10.6 Å². The van der Waals surface area contributed by atoms with E-state index in [0.717, 1.165) is 50.0 Å². The number of anilines is 1. The summed E-state index contributed by atoms with van der Waals surface area (Å²) in [4.78, 5) is 46.3. The molecule has 4 fully saturated rings. The third-order valence-corrected chi connectivity index (χ3v) is 10.4. The normalized spacial score (nSPS) is 35.9. The van der Waals surface area contributed by atoms with Gasteiger partial charge in [0.25, 0.3) is 0 Å². The summed E-state index contributed by atoms with van der Waals surface area (Å²) in [5.41, 5.74) is 1.68. The van der Waals surface area contributed by atoms with Gasteiger partial charge in [-0.3, -0.25) is 19.3 Å². The number of ether oxygens (including phenoxy) is 2. The van der Waals surface area contributed by atoms with Gasteiger partial charge in [-0.05, 0) is 61.8 Å². The molecule has 0 radical (unpaired) electrons. The van der Waals surface area contributed by atoms with Crippen molar-refractivity contribution in [1.82, 2.24) is 15.1 Å². The lowest BCUT2D eigenvalue weighted by atomic mass is 9.73. The quantitative estimate of drug-likeness (QED) is 0.460. The number of benzene rings is 1. The van der Waals surface area contributed by atoms with Crippen LogP contribution in [0.25, 0.3) is 0 Å². The highest BCUT2D eigenvalue weighted by atomic mass is 16.5. The molecule has 5 aliphatic rings. The first-order chi connectivity index (χ1) is 20.2. The molecular formula is C33H46N4O5. The number of morpholine rings is 1. The number of nitrogens with one attached hydrogen (secondary N) is 2. The second kappa shape index (κ2) is 11.7. The van der Waals surface area contributed by atoms with E-state index >= 15 is 0 Å². The van der Waals surface area contributed by atoms with Crippen molar-refractivity contribution in [2.24, 2.45) is 23.7 Å². The summed E-state index contributed by atoms with van der Waals surface area (Å²) in [7, 11) is 0. The number of hydrogen-bond acceptors (Lipinski definition) is 6. The van der Waals surface area contributed by atoms with Crippen molar-refractivity contribution in [1.29, 1.82) is 0 Å². The van der Waals surface area contributed by atoms with E-state index in [9.17, 15) is 14.4 Å². The van der Waals surface area contributed by atoms with Crippen LogP contribution in [0.1, 0.15) is 50.7 Å².